The Morgan fingerprint density at radius 3 is 2.31 bits per heavy atom. The van der Waals surface area contributed by atoms with Crippen LogP contribution in [0.15, 0.2) is 60.7 Å². The molecule has 0 aliphatic carbocycles. The van der Waals surface area contributed by atoms with E-state index in [9.17, 15) is 4.79 Å². The first kappa shape index (κ1) is 20.1. The Morgan fingerprint density at radius 1 is 1.03 bits per heavy atom. The summed E-state index contributed by atoms with van der Waals surface area (Å²) in [5.74, 6) is 0.514. The monoisotopic (exact) mass is 393 g/mol. The molecule has 2 aliphatic rings. The number of carbonyl (C=O) groups is 1. The molecule has 29 heavy (non-hydrogen) atoms. The van der Waals surface area contributed by atoms with Crippen LogP contribution < -0.4 is 5.32 Å². The van der Waals surface area contributed by atoms with E-state index in [1.54, 1.807) is 7.11 Å². The van der Waals surface area contributed by atoms with Crippen LogP contribution in [-0.4, -0.2) is 74.2 Å². The highest BCUT2D eigenvalue weighted by Crippen LogP contribution is 2.33. The van der Waals surface area contributed by atoms with Crippen molar-refractivity contribution in [1.29, 1.82) is 0 Å². The highest BCUT2D eigenvalue weighted by atomic mass is 16.5. The Balaban J connectivity index is 1.56. The van der Waals surface area contributed by atoms with E-state index in [1.165, 1.54) is 11.1 Å². The molecule has 0 aromatic heterocycles. The zero-order valence-electron chi connectivity index (χ0n) is 17.2. The molecule has 0 radical (unpaired) electrons. The predicted molar refractivity (Wildman–Crippen MR) is 115 cm³/mol. The van der Waals surface area contributed by atoms with Crippen molar-refractivity contribution in [3.05, 3.63) is 71.8 Å². The van der Waals surface area contributed by atoms with Gasteiger partial charge >= 0.3 is 0 Å². The SMILES string of the molecule is COCCC(=O)N1CCN2C(C(c3ccccc3)c3ccccc3)CNC[C@@H]2C1. The van der Waals surface area contributed by atoms with Crippen molar-refractivity contribution in [2.75, 3.05) is 46.4 Å². The van der Waals surface area contributed by atoms with Gasteiger partial charge in [-0.2, -0.15) is 0 Å². The number of hydrogen-bond donors (Lipinski definition) is 1. The third-order valence-electron chi connectivity index (χ3n) is 6.26. The summed E-state index contributed by atoms with van der Waals surface area (Å²) in [6, 6.07) is 22.4. The molecule has 2 saturated heterocycles. The van der Waals surface area contributed by atoms with E-state index in [0.717, 1.165) is 32.7 Å². The van der Waals surface area contributed by atoms with Crippen molar-refractivity contribution in [2.24, 2.45) is 0 Å². The molecule has 1 amide bonds. The summed E-state index contributed by atoms with van der Waals surface area (Å²) in [4.78, 5) is 17.2. The van der Waals surface area contributed by atoms with E-state index in [4.69, 9.17) is 4.74 Å². The minimum atomic E-state index is 0.205. The maximum atomic E-state index is 12.5. The lowest BCUT2D eigenvalue weighted by Gasteiger charge is -2.50. The number of amides is 1. The van der Waals surface area contributed by atoms with Gasteiger partial charge in [0.05, 0.1) is 13.0 Å². The molecule has 5 nitrogen and oxygen atoms in total. The molecule has 154 valence electrons. The number of ether oxygens (including phenoxy) is 1. The van der Waals surface area contributed by atoms with Crippen LogP contribution in [0.1, 0.15) is 23.5 Å². The predicted octanol–water partition coefficient (Wildman–Crippen LogP) is 2.34. The van der Waals surface area contributed by atoms with E-state index in [1.807, 2.05) is 4.90 Å². The number of carbonyl (C=O) groups excluding carboxylic acids is 1. The van der Waals surface area contributed by atoms with Gasteiger partial charge in [-0.05, 0) is 11.1 Å². The third kappa shape index (κ3) is 4.53. The first-order valence-electron chi connectivity index (χ1n) is 10.6. The highest BCUT2D eigenvalue weighted by Gasteiger charge is 2.40. The molecule has 2 aromatic rings. The lowest BCUT2D eigenvalue weighted by atomic mass is 9.82. The van der Waals surface area contributed by atoms with Gasteiger partial charge in [0.2, 0.25) is 5.91 Å². The second-order valence-corrected chi connectivity index (χ2v) is 8.00. The number of fused-ring (bicyclic) bond motifs is 1. The Hall–Kier alpha value is -2.21. The summed E-state index contributed by atoms with van der Waals surface area (Å²) in [5.41, 5.74) is 2.70. The number of methoxy groups -OCH3 is 1. The first-order valence-corrected chi connectivity index (χ1v) is 10.6. The molecule has 5 heteroatoms. The molecule has 2 fully saturated rings. The maximum Gasteiger partial charge on any atom is 0.224 e. The minimum Gasteiger partial charge on any atom is -0.384 e. The molecular weight excluding hydrogens is 362 g/mol. The Bertz CT molecular complexity index is 744. The lowest BCUT2D eigenvalue weighted by molar-refractivity contribution is -0.136. The maximum absolute atomic E-state index is 12.5. The van der Waals surface area contributed by atoms with Gasteiger partial charge < -0.3 is 15.0 Å². The average molecular weight is 394 g/mol. The van der Waals surface area contributed by atoms with Crippen molar-refractivity contribution in [3.8, 4) is 0 Å². The molecular formula is C24H31N3O2. The molecule has 4 rings (SSSR count). The van der Waals surface area contributed by atoms with Crippen LogP contribution in [0, 0.1) is 0 Å². The normalized spacial score (nSPS) is 22.5. The Kier molecular flexibility index (Phi) is 6.60. The average Bonchev–Trinajstić information content (AvgIpc) is 2.79. The van der Waals surface area contributed by atoms with Crippen molar-refractivity contribution in [2.45, 2.75) is 24.4 Å². The smallest absolute Gasteiger partial charge is 0.224 e. The van der Waals surface area contributed by atoms with Crippen molar-refractivity contribution in [3.63, 3.8) is 0 Å². The topological polar surface area (TPSA) is 44.8 Å². The van der Waals surface area contributed by atoms with Crippen LogP contribution in [0.2, 0.25) is 0 Å². The summed E-state index contributed by atoms with van der Waals surface area (Å²) in [6.07, 6.45) is 0.469. The van der Waals surface area contributed by atoms with Gasteiger partial charge in [0.1, 0.15) is 0 Å². The molecule has 0 bridgehead atoms. The second kappa shape index (κ2) is 9.53. The molecule has 2 aromatic carbocycles. The van der Waals surface area contributed by atoms with Crippen molar-refractivity contribution >= 4 is 5.91 Å². The van der Waals surface area contributed by atoms with Crippen LogP contribution in [0.3, 0.4) is 0 Å². The summed E-state index contributed by atoms with van der Waals surface area (Å²) in [5, 5.41) is 3.65. The summed E-state index contributed by atoms with van der Waals surface area (Å²) in [6.45, 7) is 4.90. The number of hydrogen-bond acceptors (Lipinski definition) is 4. The minimum absolute atomic E-state index is 0.205. The van der Waals surface area contributed by atoms with Crippen LogP contribution in [0.4, 0.5) is 0 Å². The molecule has 2 atom stereocenters. The number of benzene rings is 2. The first-order chi connectivity index (χ1) is 14.3. The summed E-state index contributed by atoms with van der Waals surface area (Å²) >= 11 is 0. The van der Waals surface area contributed by atoms with E-state index >= 15 is 0 Å². The number of rotatable bonds is 6. The second-order valence-electron chi connectivity index (χ2n) is 8.00. The van der Waals surface area contributed by atoms with Crippen molar-refractivity contribution in [1.82, 2.24) is 15.1 Å². The van der Waals surface area contributed by atoms with Gasteiger partial charge in [-0.1, -0.05) is 60.7 Å². The van der Waals surface area contributed by atoms with Gasteiger partial charge in [0.25, 0.3) is 0 Å². The quantitative estimate of drug-likeness (QED) is 0.818. The van der Waals surface area contributed by atoms with Crippen molar-refractivity contribution < 1.29 is 9.53 Å². The summed E-state index contributed by atoms with van der Waals surface area (Å²) < 4.78 is 5.09. The molecule has 2 aliphatic heterocycles. The number of nitrogens with zero attached hydrogens (tertiary/aromatic N) is 2. The zero-order chi connectivity index (χ0) is 20.1. The zero-order valence-corrected chi connectivity index (χ0v) is 17.2. The fourth-order valence-corrected chi connectivity index (χ4v) is 4.84. The number of piperazine rings is 2. The number of nitrogens with one attached hydrogen (secondary N) is 1. The van der Waals surface area contributed by atoms with Gasteiger partial charge in [0, 0.05) is 57.8 Å². The van der Waals surface area contributed by atoms with Crippen LogP contribution in [-0.2, 0) is 9.53 Å². The fourth-order valence-electron chi connectivity index (χ4n) is 4.84. The molecule has 0 spiro atoms. The summed E-state index contributed by atoms with van der Waals surface area (Å²) in [7, 11) is 1.65. The van der Waals surface area contributed by atoms with Crippen LogP contribution in [0.5, 0.6) is 0 Å². The molecule has 0 saturated carbocycles. The van der Waals surface area contributed by atoms with Gasteiger partial charge in [-0.25, -0.2) is 0 Å². The van der Waals surface area contributed by atoms with E-state index in [-0.39, 0.29) is 5.91 Å². The molecule has 2 heterocycles. The fraction of sp³-hybridized carbons (Fsp3) is 0.458. The van der Waals surface area contributed by atoms with Crippen LogP contribution >= 0.6 is 0 Å². The standard InChI is InChI=1S/C24H31N3O2/c1-29-15-12-23(28)26-13-14-27-21(18-26)16-25-17-22(27)24(19-8-4-2-5-9-19)20-10-6-3-7-11-20/h2-11,21-22,24-25H,12-18H2,1H3/t21-,22?/m1/s1. The molecule has 1 N–H and O–H groups in total. The van der Waals surface area contributed by atoms with Gasteiger partial charge in [0.15, 0.2) is 0 Å². The van der Waals surface area contributed by atoms with E-state index in [0.29, 0.717) is 31.0 Å². The highest BCUT2D eigenvalue weighted by molar-refractivity contribution is 5.76. The largest absolute Gasteiger partial charge is 0.384 e. The lowest BCUT2D eigenvalue weighted by Crippen LogP contribution is -2.66. The van der Waals surface area contributed by atoms with Gasteiger partial charge in [-0.15, -0.1) is 0 Å². The van der Waals surface area contributed by atoms with E-state index in [2.05, 4.69) is 70.9 Å². The Morgan fingerprint density at radius 2 is 1.69 bits per heavy atom. The van der Waals surface area contributed by atoms with Gasteiger partial charge in [-0.3, -0.25) is 9.69 Å². The molecule has 1 unspecified atom stereocenters. The van der Waals surface area contributed by atoms with E-state index < -0.39 is 0 Å². The Labute approximate surface area is 173 Å². The van der Waals surface area contributed by atoms with Crippen LogP contribution in [0.25, 0.3) is 0 Å². The third-order valence-corrected chi connectivity index (χ3v) is 6.26.